The van der Waals surface area contributed by atoms with Gasteiger partial charge < -0.3 is 14.2 Å². The molecule has 2 aliphatic heterocycles. The number of hydrogen-bond acceptors (Lipinski definition) is 3. The van der Waals surface area contributed by atoms with Crippen molar-refractivity contribution in [3.05, 3.63) is 143 Å². The first kappa shape index (κ1) is 22.2. The summed E-state index contributed by atoms with van der Waals surface area (Å²) in [5.41, 5.74) is 5.17. The summed E-state index contributed by atoms with van der Waals surface area (Å²) in [7, 11) is 0. The molecule has 4 atom stereocenters. The standard InChI is InChI=1S/C32H30O3/c1-23-13-9-11-19-27(23)31(29-21-33-29,25-15-5-3-6-16-25)35-32(30-22-34-30,26-17-7-4-8-18-26)28-20-12-10-14-24(28)2/h3-20,29-30H,21-22H2,1-2H3. The molecule has 2 fully saturated rings. The van der Waals surface area contributed by atoms with Crippen molar-refractivity contribution >= 4 is 0 Å². The lowest BCUT2D eigenvalue weighted by molar-refractivity contribution is -0.148. The van der Waals surface area contributed by atoms with Gasteiger partial charge in [0.1, 0.15) is 23.4 Å². The normalized spacial score (nSPS) is 22.1. The second-order valence-electron chi connectivity index (χ2n) is 9.58. The number of hydrogen-bond donors (Lipinski definition) is 0. The van der Waals surface area contributed by atoms with Gasteiger partial charge in [-0.3, -0.25) is 0 Å². The fraction of sp³-hybridized carbons (Fsp3) is 0.250. The van der Waals surface area contributed by atoms with Gasteiger partial charge in [0.2, 0.25) is 0 Å². The molecular weight excluding hydrogens is 432 g/mol. The van der Waals surface area contributed by atoms with E-state index in [1.807, 2.05) is 0 Å². The van der Waals surface area contributed by atoms with Gasteiger partial charge in [-0.05, 0) is 47.2 Å². The van der Waals surface area contributed by atoms with E-state index in [2.05, 4.69) is 123 Å². The Kier molecular flexibility index (Phi) is 5.57. The molecule has 0 bridgehead atoms. The van der Waals surface area contributed by atoms with Crippen LogP contribution in [0.2, 0.25) is 0 Å². The zero-order chi connectivity index (χ0) is 23.9. The maximum absolute atomic E-state index is 7.73. The van der Waals surface area contributed by atoms with E-state index in [1.165, 1.54) is 11.1 Å². The van der Waals surface area contributed by atoms with Crippen LogP contribution >= 0.6 is 0 Å². The summed E-state index contributed by atoms with van der Waals surface area (Å²) in [5.74, 6) is 0. The number of epoxide rings is 2. The van der Waals surface area contributed by atoms with Crippen molar-refractivity contribution in [2.75, 3.05) is 13.2 Å². The molecule has 4 aromatic carbocycles. The van der Waals surface area contributed by atoms with Crippen molar-refractivity contribution in [2.45, 2.75) is 37.3 Å². The third-order valence-corrected chi connectivity index (χ3v) is 7.39. The van der Waals surface area contributed by atoms with Crippen LogP contribution in [0.15, 0.2) is 109 Å². The van der Waals surface area contributed by atoms with E-state index >= 15 is 0 Å². The highest BCUT2D eigenvalue weighted by atomic mass is 16.6. The second kappa shape index (κ2) is 8.76. The lowest BCUT2D eigenvalue weighted by atomic mass is 9.76. The van der Waals surface area contributed by atoms with Crippen LogP contribution in [0.4, 0.5) is 0 Å². The minimum absolute atomic E-state index is 0.100. The third kappa shape index (κ3) is 3.71. The van der Waals surface area contributed by atoms with E-state index in [9.17, 15) is 0 Å². The average molecular weight is 463 g/mol. The predicted octanol–water partition coefficient (Wildman–Crippen LogP) is 6.31. The maximum Gasteiger partial charge on any atom is 0.148 e. The Morgan fingerprint density at radius 3 is 1.23 bits per heavy atom. The molecule has 2 heterocycles. The van der Waals surface area contributed by atoms with Crippen molar-refractivity contribution in [1.29, 1.82) is 0 Å². The minimum Gasteiger partial charge on any atom is -0.369 e. The van der Waals surface area contributed by atoms with Gasteiger partial charge in [0, 0.05) is 0 Å². The first-order valence-electron chi connectivity index (χ1n) is 12.3. The fourth-order valence-electron chi connectivity index (χ4n) is 5.56. The van der Waals surface area contributed by atoms with Crippen molar-refractivity contribution in [3.8, 4) is 0 Å². The van der Waals surface area contributed by atoms with Gasteiger partial charge >= 0.3 is 0 Å². The molecule has 4 unspecified atom stereocenters. The number of ether oxygens (including phenoxy) is 3. The molecule has 0 aromatic heterocycles. The molecule has 0 aliphatic carbocycles. The van der Waals surface area contributed by atoms with Crippen LogP contribution < -0.4 is 0 Å². The Morgan fingerprint density at radius 1 is 0.543 bits per heavy atom. The minimum atomic E-state index is -0.809. The van der Waals surface area contributed by atoms with Crippen molar-refractivity contribution in [3.63, 3.8) is 0 Å². The molecule has 0 radical (unpaired) electrons. The molecule has 0 amide bonds. The van der Waals surface area contributed by atoms with Crippen molar-refractivity contribution in [2.24, 2.45) is 0 Å². The first-order chi connectivity index (χ1) is 17.2. The summed E-state index contributed by atoms with van der Waals surface area (Å²) in [4.78, 5) is 0. The summed E-state index contributed by atoms with van der Waals surface area (Å²) < 4.78 is 20.0. The van der Waals surface area contributed by atoms with E-state index in [-0.39, 0.29) is 12.2 Å². The number of aryl methyl sites for hydroxylation is 2. The average Bonchev–Trinajstić information content (AvgIpc) is 3.81. The van der Waals surface area contributed by atoms with Gasteiger partial charge in [-0.25, -0.2) is 0 Å². The van der Waals surface area contributed by atoms with E-state index in [0.717, 1.165) is 22.3 Å². The van der Waals surface area contributed by atoms with Gasteiger partial charge in [-0.2, -0.15) is 0 Å². The lowest BCUT2D eigenvalue weighted by Crippen LogP contribution is -2.49. The Balaban J connectivity index is 1.67. The highest BCUT2D eigenvalue weighted by Crippen LogP contribution is 2.54. The number of benzene rings is 4. The zero-order valence-corrected chi connectivity index (χ0v) is 20.2. The Morgan fingerprint density at radius 2 is 0.886 bits per heavy atom. The molecule has 2 aliphatic rings. The molecule has 6 rings (SSSR count). The molecule has 4 aromatic rings. The molecule has 176 valence electrons. The topological polar surface area (TPSA) is 34.3 Å². The fourth-order valence-corrected chi connectivity index (χ4v) is 5.56. The van der Waals surface area contributed by atoms with Crippen molar-refractivity contribution in [1.82, 2.24) is 0 Å². The van der Waals surface area contributed by atoms with E-state index < -0.39 is 11.2 Å². The Labute approximate surface area is 207 Å². The van der Waals surface area contributed by atoms with Crippen LogP contribution in [-0.2, 0) is 25.4 Å². The zero-order valence-electron chi connectivity index (χ0n) is 20.2. The van der Waals surface area contributed by atoms with Crippen LogP contribution in [0.25, 0.3) is 0 Å². The number of rotatable bonds is 8. The van der Waals surface area contributed by atoms with Crippen LogP contribution in [0, 0.1) is 13.8 Å². The molecule has 0 saturated carbocycles. The molecule has 35 heavy (non-hydrogen) atoms. The largest absolute Gasteiger partial charge is 0.369 e. The predicted molar refractivity (Wildman–Crippen MR) is 137 cm³/mol. The van der Waals surface area contributed by atoms with E-state index in [1.54, 1.807) is 0 Å². The van der Waals surface area contributed by atoms with Gasteiger partial charge in [-0.15, -0.1) is 0 Å². The van der Waals surface area contributed by atoms with Crippen LogP contribution in [0.3, 0.4) is 0 Å². The summed E-state index contributed by atoms with van der Waals surface area (Å²) >= 11 is 0. The quantitative estimate of drug-likeness (QED) is 0.288. The smallest absolute Gasteiger partial charge is 0.148 e. The summed E-state index contributed by atoms with van der Waals surface area (Å²) in [6.45, 7) is 5.61. The molecule has 3 nitrogen and oxygen atoms in total. The van der Waals surface area contributed by atoms with Crippen LogP contribution in [0.5, 0.6) is 0 Å². The highest BCUT2D eigenvalue weighted by Gasteiger charge is 2.61. The third-order valence-electron chi connectivity index (χ3n) is 7.39. The summed E-state index contributed by atoms with van der Waals surface area (Å²) in [5, 5.41) is 0. The Bertz CT molecular complexity index is 1210. The second-order valence-corrected chi connectivity index (χ2v) is 9.58. The monoisotopic (exact) mass is 462 g/mol. The van der Waals surface area contributed by atoms with Gasteiger partial charge in [-0.1, -0.05) is 109 Å². The SMILES string of the molecule is Cc1ccccc1C(OC(c1ccccc1)(c1ccccc1C)C1CO1)(c1ccccc1)C1CO1. The first-order valence-corrected chi connectivity index (χ1v) is 12.3. The summed E-state index contributed by atoms with van der Waals surface area (Å²) in [6.07, 6.45) is -0.200. The lowest BCUT2D eigenvalue weighted by Gasteiger charge is -2.45. The van der Waals surface area contributed by atoms with Crippen LogP contribution in [0.1, 0.15) is 33.4 Å². The van der Waals surface area contributed by atoms with Crippen molar-refractivity contribution < 1.29 is 14.2 Å². The van der Waals surface area contributed by atoms with Crippen LogP contribution in [-0.4, -0.2) is 25.4 Å². The highest BCUT2D eigenvalue weighted by molar-refractivity contribution is 5.48. The summed E-state index contributed by atoms with van der Waals surface area (Å²) in [6, 6.07) is 38.1. The molecule has 3 heteroatoms. The Hall–Kier alpha value is -3.24. The van der Waals surface area contributed by atoms with E-state index in [4.69, 9.17) is 14.2 Å². The molecule has 0 N–H and O–H groups in total. The van der Waals surface area contributed by atoms with Gasteiger partial charge in [0.05, 0.1) is 13.2 Å². The van der Waals surface area contributed by atoms with Gasteiger partial charge in [0.15, 0.2) is 0 Å². The molecule has 0 spiro atoms. The molecule has 2 saturated heterocycles. The van der Waals surface area contributed by atoms with E-state index in [0.29, 0.717) is 13.2 Å². The maximum atomic E-state index is 7.73. The molecular formula is C32H30O3. The van der Waals surface area contributed by atoms with Gasteiger partial charge in [0.25, 0.3) is 0 Å².